The van der Waals surface area contributed by atoms with Crippen molar-refractivity contribution >= 4 is 17.3 Å². The topological polar surface area (TPSA) is 49.8 Å². The van der Waals surface area contributed by atoms with Crippen molar-refractivity contribution in [2.75, 3.05) is 10.6 Å². The molecule has 0 atom stereocenters. The number of aryl methyl sites for hydroxylation is 1. The summed E-state index contributed by atoms with van der Waals surface area (Å²) in [6, 6.07) is 20.5. The number of hydrogen-bond donors (Lipinski definition) is 2. The van der Waals surface area contributed by atoms with Gasteiger partial charge in [0.25, 0.3) is 0 Å². The molecular formula is C19H20N4. The van der Waals surface area contributed by atoms with Gasteiger partial charge in [-0.1, -0.05) is 49.4 Å². The molecule has 0 radical (unpaired) electrons. The molecule has 3 rings (SSSR count). The first-order chi connectivity index (χ1) is 11.3. The normalized spacial score (nSPS) is 10.3. The summed E-state index contributed by atoms with van der Waals surface area (Å²) in [5.41, 5.74) is 3.56. The van der Waals surface area contributed by atoms with Gasteiger partial charge in [-0.15, -0.1) is 0 Å². The maximum atomic E-state index is 4.27. The van der Waals surface area contributed by atoms with Crippen LogP contribution in [0.1, 0.15) is 18.1 Å². The third-order valence-corrected chi connectivity index (χ3v) is 3.62. The van der Waals surface area contributed by atoms with Gasteiger partial charge in [-0.05, 0) is 29.7 Å². The highest BCUT2D eigenvalue weighted by Crippen LogP contribution is 2.17. The average Bonchev–Trinajstić information content (AvgIpc) is 2.62. The number of aromatic nitrogens is 2. The Bertz CT molecular complexity index is 739. The molecule has 0 saturated heterocycles. The van der Waals surface area contributed by atoms with Gasteiger partial charge in [-0.3, -0.25) is 0 Å². The molecule has 0 aliphatic heterocycles. The summed E-state index contributed by atoms with van der Waals surface area (Å²) < 4.78 is 0. The summed E-state index contributed by atoms with van der Waals surface area (Å²) in [4.78, 5) is 8.53. The van der Waals surface area contributed by atoms with E-state index in [9.17, 15) is 0 Å². The Kier molecular flexibility index (Phi) is 4.84. The fourth-order valence-electron chi connectivity index (χ4n) is 2.28. The minimum atomic E-state index is 0.739. The molecule has 0 aliphatic carbocycles. The highest BCUT2D eigenvalue weighted by molar-refractivity contribution is 5.59. The van der Waals surface area contributed by atoms with E-state index in [0.717, 1.165) is 30.3 Å². The number of hydrogen-bond acceptors (Lipinski definition) is 4. The minimum Gasteiger partial charge on any atom is -0.366 e. The van der Waals surface area contributed by atoms with Gasteiger partial charge < -0.3 is 10.6 Å². The van der Waals surface area contributed by atoms with Crippen LogP contribution in [0, 0.1) is 0 Å². The molecular weight excluding hydrogens is 284 g/mol. The maximum Gasteiger partial charge on any atom is 0.135 e. The lowest BCUT2D eigenvalue weighted by Gasteiger charge is -2.09. The molecule has 4 nitrogen and oxygen atoms in total. The van der Waals surface area contributed by atoms with Crippen molar-refractivity contribution in [3.63, 3.8) is 0 Å². The van der Waals surface area contributed by atoms with Gasteiger partial charge in [0.15, 0.2) is 0 Å². The van der Waals surface area contributed by atoms with Crippen LogP contribution in [0.5, 0.6) is 0 Å². The largest absolute Gasteiger partial charge is 0.366 e. The fourth-order valence-corrected chi connectivity index (χ4v) is 2.28. The standard InChI is InChI=1S/C19H20N4/c1-2-15-8-10-17(11-9-15)23-19-12-18(21-14-22-19)20-13-16-6-4-3-5-7-16/h3-12,14H,2,13H2,1H3,(H2,20,21,22,23). The van der Waals surface area contributed by atoms with E-state index in [-0.39, 0.29) is 0 Å². The third-order valence-electron chi connectivity index (χ3n) is 3.62. The van der Waals surface area contributed by atoms with E-state index < -0.39 is 0 Å². The Morgan fingerprint density at radius 2 is 1.57 bits per heavy atom. The predicted molar refractivity (Wildman–Crippen MR) is 94.9 cm³/mol. The average molecular weight is 304 g/mol. The van der Waals surface area contributed by atoms with E-state index in [0.29, 0.717) is 0 Å². The molecule has 2 aromatic carbocycles. The first-order valence-electron chi connectivity index (χ1n) is 7.79. The molecule has 116 valence electrons. The van der Waals surface area contributed by atoms with Crippen LogP contribution < -0.4 is 10.6 Å². The van der Waals surface area contributed by atoms with Crippen LogP contribution in [-0.4, -0.2) is 9.97 Å². The molecule has 0 unspecified atom stereocenters. The Morgan fingerprint density at radius 3 is 2.30 bits per heavy atom. The number of benzene rings is 2. The molecule has 1 heterocycles. The number of anilines is 3. The summed E-state index contributed by atoms with van der Waals surface area (Å²) in [5.74, 6) is 1.58. The van der Waals surface area contributed by atoms with Gasteiger partial charge >= 0.3 is 0 Å². The summed E-state index contributed by atoms with van der Waals surface area (Å²) in [6.07, 6.45) is 2.61. The first kappa shape index (κ1) is 15.0. The molecule has 23 heavy (non-hydrogen) atoms. The summed E-state index contributed by atoms with van der Waals surface area (Å²) in [6.45, 7) is 2.89. The van der Waals surface area contributed by atoms with E-state index >= 15 is 0 Å². The molecule has 0 spiro atoms. The summed E-state index contributed by atoms with van der Waals surface area (Å²) in [5, 5.41) is 6.62. The summed E-state index contributed by atoms with van der Waals surface area (Å²) in [7, 11) is 0. The Morgan fingerprint density at radius 1 is 0.826 bits per heavy atom. The smallest absolute Gasteiger partial charge is 0.135 e. The van der Waals surface area contributed by atoms with Crippen molar-refractivity contribution in [1.82, 2.24) is 9.97 Å². The zero-order valence-electron chi connectivity index (χ0n) is 13.2. The van der Waals surface area contributed by atoms with E-state index in [1.807, 2.05) is 24.3 Å². The van der Waals surface area contributed by atoms with Crippen molar-refractivity contribution in [2.45, 2.75) is 19.9 Å². The second-order valence-electron chi connectivity index (χ2n) is 5.30. The molecule has 2 N–H and O–H groups in total. The lowest BCUT2D eigenvalue weighted by molar-refractivity contribution is 1.08. The van der Waals surface area contributed by atoms with Crippen molar-refractivity contribution < 1.29 is 0 Å². The van der Waals surface area contributed by atoms with Gasteiger partial charge in [0, 0.05) is 18.3 Å². The third kappa shape index (κ3) is 4.30. The van der Waals surface area contributed by atoms with Gasteiger partial charge in [0.05, 0.1) is 0 Å². The van der Waals surface area contributed by atoms with Crippen molar-refractivity contribution in [3.8, 4) is 0 Å². The minimum absolute atomic E-state index is 0.739. The maximum absolute atomic E-state index is 4.27. The highest BCUT2D eigenvalue weighted by Gasteiger charge is 2.00. The molecule has 0 bridgehead atoms. The van der Waals surface area contributed by atoms with Crippen molar-refractivity contribution in [1.29, 1.82) is 0 Å². The number of nitrogens with one attached hydrogen (secondary N) is 2. The Labute approximate surface area is 136 Å². The van der Waals surface area contributed by atoms with E-state index in [2.05, 4.69) is 63.9 Å². The zero-order valence-corrected chi connectivity index (χ0v) is 13.2. The summed E-state index contributed by atoms with van der Waals surface area (Å²) >= 11 is 0. The van der Waals surface area contributed by atoms with Crippen LogP contribution in [0.25, 0.3) is 0 Å². The molecule has 3 aromatic rings. The van der Waals surface area contributed by atoms with Crippen LogP contribution in [0.2, 0.25) is 0 Å². The van der Waals surface area contributed by atoms with Crippen LogP contribution >= 0.6 is 0 Å². The monoisotopic (exact) mass is 304 g/mol. The van der Waals surface area contributed by atoms with E-state index in [4.69, 9.17) is 0 Å². The van der Waals surface area contributed by atoms with Crippen molar-refractivity contribution in [3.05, 3.63) is 78.1 Å². The molecule has 0 amide bonds. The van der Waals surface area contributed by atoms with E-state index in [1.54, 1.807) is 6.33 Å². The second-order valence-corrected chi connectivity index (χ2v) is 5.30. The Balaban J connectivity index is 1.64. The number of nitrogens with zero attached hydrogens (tertiary/aromatic N) is 2. The van der Waals surface area contributed by atoms with Gasteiger partial charge in [0.2, 0.25) is 0 Å². The van der Waals surface area contributed by atoms with Crippen molar-refractivity contribution in [2.24, 2.45) is 0 Å². The lowest BCUT2D eigenvalue weighted by Crippen LogP contribution is -2.03. The molecule has 0 fully saturated rings. The lowest BCUT2D eigenvalue weighted by atomic mass is 10.1. The molecule has 0 saturated carbocycles. The first-order valence-corrected chi connectivity index (χ1v) is 7.79. The van der Waals surface area contributed by atoms with Crippen LogP contribution in [0.15, 0.2) is 67.0 Å². The predicted octanol–water partition coefficient (Wildman–Crippen LogP) is 4.39. The second kappa shape index (κ2) is 7.40. The zero-order chi connectivity index (χ0) is 15.9. The molecule has 1 aromatic heterocycles. The van der Waals surface area contributed by atoms with Crippen LogP contribution in [0.3, 0.4) is 0 Å². The van der Waals surface area contributed by atoms with Crippen LogP contribution in [-0.2, 0) is 13.0 Å². The van der Waals surface area contributed by atoms with Crippen LogP contribution in [0.4, 0.5) is 17.3 Å². The quantitative estimate of drug-likeness (QED) is 0.709. The SMILES string of the molecule is CCc1ccc(Nc2cc(NCc3ccccc3)ncn2)cc1. The number of rotatable bonds is 6. The molecule has 4 heteroatoms. The van der Waals surface area contributed by atoms with Gasteiger partial charge in [0.1, 0.15) is 18.0 Å². The highest BCUT2D eigenvalue weighted by atomic mass is 15.1. The van der Waals surface area contributed by atoms with Gasteiger partial charge in [-0.2, -0.15) is 0 Å². The van der Waals surface area contributed by atoms with Gasteiger partial charge in [-0.25, -0.2) is 9.97 Å². The van der Waals surface area contributed by atoms with E-state index in [1.165, 1.54) is 11.1 Å². The Hall–Kier alpha value is -2.88. The molecule has 0 aliphatic rings. The fraction of sp³-hybridized carbons (Fsp3) is 0.158.